The van der Waals surface area contributed by atoms with Gasteiger partial charge in [0.05, 0.1) is 4.92 Å². The van der Waals surface area contributed by atoms with Crippen molar-refractivity contribution in [3.63, 3.8) is 0 Å². The molecule has 21 heavy (non-hydrogen) atoms. The third-order valence-corrected chi connectivity index (χ3v) is 2.91. The molecule has 0 aliphatic carbocycles. The molecule has 2 aromatic carbocycles. The van der Waals surface area contributed by atoms with Crippen LogP contribution in [0.25, 0.3) is 0 Å². The van der Waals surface area contributed by atoms with Crippen LogP contribution in [0.1, 0.15) is 10.4 Å². The molecule has 1 N–H and O–H groups in total. The van der Waals surface area contributed by atoms with E-state index in [-0.39, 0.29) is 10.7 Å². The van der Waals surface area contributed by atoms with E-state index in [9.17, 15) is 23.7 Å². The van der Waals surface area contributed by atoms with Gasteiger partial charge in [-0.05, 0) is 24.3 Å². The largest absolute Gasteiger partial charge is 0.322 e. The first-order chi connectivity index (χ1) is 9.90. The number of halogens is 3. The van der Waals surface area contributed by atoms with E-state index in [0.717, 1.165) is 24.3 Å². The highest BCUT2D eigenvalue weighted by Gasteiger charge is 2.19. The maximum atomic E-state index is 13.4. The van der Waals surface area contributed by atoms with Gasteiger partial charge in [-0.1, -0.05) is 17.7 Å². The van der Waals surface area contributed by atoms with Gasteiger partial charge in [0.2, 0.25) is 0 Å². The zero-order chi connectivity index (χ0) is 15.6. The molecule has 0 unspecified atom stereocenters. The van der Waals surface area contributed by atoms with Gasteiger partial charge in [-0.2, -0.15) is 0 Å². The summed E-state index contributed by atoms with van der Waals surface area (Å²) < 4.78 is 26.9. The minimum absolute atomic E-state index is 0.00115. The van der Waals surface area contributed by atoms with Crippen molar-refractivity contribution in [3.8, 4) is 0 Å². The highest BCUT2D eigenvalue weighted by molar-refractivity contribution is 6.32. The highest BCUT2D eigenvalue weighted by Crippen LogP contribution is 2.27. The number of hydrogen-bond donors (Lipinski definition) is 1. The number of nitrogens with one attached hydrogen (secondary N) is 1. The third kappa shape index (κ3) is 3.14. The van der Waals surface area contributed by atoms with Gasteiger partial charge in [0.15, 0.2) is 0 Å². The average Bonchev–Trinajstić information content (AvgIpc) is 2.40. The molecule has 5 nitrogen and oxygen atoms in total. The van der Waals surface area contributed by atoms with E-state index in [1.165, 1.54) is 12.1 Å². The molecular formula is C13H7ClF2N2O3. The Morgan fingerprint density at radius 2 is 1.81 bits per heavy atom. The molecule has 0 spiro atoms. The lowest BCUT2D eigenvalue weighted by atomic mass is 10.1. The topological polar surface area (TPSA) is 72.2 Å². The summed E-state index contributed by atoms with van der Waals surface area (Å²) >= 11 is 5.62. The lowest BCUT2D eigenvalue weighted by molar-refractivity contribution is -0.384. The Balaban J connectivity index is 2.32. The molecule has 0 saturated carbocycles. The number of rotatable bonds is 3. The zero-order valence-electron chi connectivity index (χ0n) is 10.3. The second-order valence-electron chi connectivity index (χ2n) is 3.97. The minimum atomic E-state index is -1.05. The second-order valence-corrected chi connectivity index (χ2v) is 4.38. The van der Waals surface area contributed by atoms with Gasteiger partial charge in [-0.15, -0.1) is 0 Å². The van der Waals surface area contributed by atoms with Crippen LogP contribution in [-0.4, -0.2) is 10.8 Å². The molecule has 108 valence electrons. The van der Waals surface area contributed by atoms with Crippen LogP contribution in [0.15, 0.2) is 36.4 Å². The Bertz CT molecular complexity index is 717. The first kappa shape index (κ1) is 14.9. The van der Waals surface area contributed by atoms with Crippen LogP contribution < -0.4 is 5.32 Å². The Morgan fingerprint density at radius 3 is 2.38 bits per heavy atom. The number of nitro benzene ring substituents is 1. The summed E-state index contributed by atoms with van der Waals surface area (Å²) in [5.74, 6) is -3.12. The monoisotopic (exact) mass is 312 g/mol. The van der Waals surface area contributed by atoms with Crippen molar-refractivity contribution in [2.24, 2.45) is 0 Å². The van der Waals surface area contributed by atoms with Gasteiger partial charge in [0.25, 0.3) is 11.6 Å². The third-order valence-electron chi connectivity index (χ3n) is 2.59. The molecule has 0 heterocycles. The van der Waals surface area contributed by atoms with Gasteiger partial charge in [0, 0.05) is 11.8 Å². The number of carbonyl (C=O) groups excluding carboxylic acids is 1. The SMILES string of the molecule is O=C(Nc1ccc(Cl)c([N+](=O)[O-])c1)c1c(F)cccc1F. The maximum Gasteiger partial charge on any atom is 0.289 e. The molecule has 0 aliphatic heterocycles. The summed E-state index contributed by atoms with van der Waals surface area (Å²) in [5.41, 5.74) is -1.20. The fraction of sp³-hybridized carbons (Fsp3) is 0. The lowest BCUT2D eigenvalue weighted by Crippen LogP contribution is -2.15. The minimum Gasteiger partial charge on any atom is -0.322 e. The van der Waals surface area contributed by atoms with E-state index >= 15 is 0 Å². The van der Waals surface area contributed by atoms with Crippen LogP contribution in [0.2, 0.25) is 5.02 Å². The molecule has 0 aromatic heterocycles. The van der Waals surface area contributed by atoms with Crippen molar-refractivity contribution >= 4 is 28.9 Å². The number of amides is 1. The molecule has 0 aliphatic rings. The Labute approximate surface area is 122 Å². The Kier molecular flexibility index (Phi) is 4.13. The van der Waals surface area contributed by atoms with Gasteiger partial charge < -0.3 is 5.32 Å². The molecule has 1 amide bonds. The lowest BCUT2D eigenvalue weighted by Gasteiger charge is -2.07. The van der Waals surface area contributed by atoms with Crippen LogP contribution in [-0.2, 0) is 0 Å². The molecule has 8 heteroatoms. The Morgan fingerprint density at radius 1 is 1.19 bits per heavy atom. The quantitative estimate of drug-likeness (QED) is 0.692. The molecule has 0 radical (unpaired) electrons. The van der Waals surface area contributed by atoms with E-state index in [2.05, 4.69) is 5.32 Å². The van der Waals surface area contributed by atoms with Crippen molar-refractivity contribution < 1.29 is 18.5 Å². The van der Waals surface area contributed by atoms with E-state index in [4.69, 9.17) is 11.6 Å². The standard InChI is InChI=1S/C13H7ClF2N2O3/c14-8-5-4-7(6-11(8)18(20)21)17-13(19)12-9(15)2-1-3-10(12)16/h1-6H,(H,17,19). The number of nitro groups is 1. The number of carbonyl (C=O) groups is 1. The average molecular weight is 313 g/mol. The van der Waals surface area contributed by atoms with Crippen molar-refractivity contribution in [1.29, 1.82) is 0 Å². The summed E-state index contributed by atoms with van der Waals surface area (Å²) in [6.07, 6.45) is 0. The summed E-state index contributed by atoms with van der Waals surface area (Å²) in [7, 11) is 0. The molecule has 0 bridgehead atoms. The number of nitrogens with zero attached hydrogens (tertiary/aromatic N) is 1. The summed E-state index contributed by atoms with van der Waals surface area (Å²) in [4.78, 5) is 21.8. The zero-order valence-corrected chi connectivity index (χ0v) is 11.0. The van der Waals surface area contributed by atoms with Gasteiger partial charge >= 0.3 is 0 Å². The van der Waals surface area contributed by atoms with Crippen LogP contribution in [0.4, 0.5) is 20.2 Å². The van der Waals surface area contributed by atoms with Crippen LogP contribution in [0.3, 0.4) is 0 Å². The van der Waals surface area contributed by atoms with Gasteiger partial charge in [-0.3, -0.25) is 14.9 Å². The second kappa shape index (κ2) is 5.84. The smallest absolute Gasteiger partial charge is 0.289 e. The van der Waals surface area contributed by atoms with Crippen molar-refractivity contribution in [1.82, 2.24) is 0 Å². The van der Waals surface area contributed by atoms with Crippen molar-refractivity contribution in [2.75, 3.05) is 5.32 Å². The predicted molar refractivity (Wildman–Crippen MR) is 72.4 cm³/mol. The molecule has 2 rings (SSSR count). The number of hydrogen-bond acceptors (Lipinski definition) is 3. The first-order valence-electron chi connectivity index (χ1n) is 5.59. The molecule has 0 saturated heterocycles. The first-order valence-corrected chi connectivity index (χ1v) is 5.97. The predicted octanol–water partition coefficient (Wildman–Crippen LogP) is 3.78. The normalized spacial score (nSPS) is 10.2. The van der Waals surface area contributed by atoms with E-state index in [1.54, 1.807) is 0 Å². The van der Waals surface area contributed by atoms with Crippen molar-refractivity contribution in [2.45, 2.75) is 0 Å². The van der Waals surface area contributed by atoms with Crippen LogP contribution in [0, 0.1) is 21.7 Å². The Hall–Kier alpha value is -2.54. The summed E-state index contributed by atoms with van der Waals surface area (Å²) in [6.45, 7) is 0. The fourth-order valence-corrected chi connectivity index (χ4v) is 1.83. The van der Waals surface area contributed by atoms with Crippen molar-refractivity contribution in [3.05, 3.63) is 68.7 Å². The number of anilines is 1. The van der Waals surface area contributed by atoms with E-state index < -0.39 is 33.7 Å². The van der Waals surface area contributed by atoms with E-state index in [1.807, 2.05) is 0 Å². The summed E-state index contributed by atoms with van der Waals surface area (Å²) in [5, 5.41) is 12.8. The fourth-order valence-electron chi connectivity index (χ4n) is 1.64. The molecule has 2 aromatic rings. The van der Waals surface area contributed by atoms with Crippen LogP contribution >= 0.6 is 11.6 Å². The van der Waals surface area contributed by atoms with E-state index in [0.29, 0.717) is 0 Å². The maximum absolute atomic E-state index is 13.4. The van der Waals surface area contributed by atoms with Crippen LogP contribution in [0.5, 0.6) is 0 Å². The molecule has 0 fully saturated rings. The van der Waals surface area contributed by atoms with Gasteiger partial charge in [-0.25, -0.2) is 8.78 Å². The molecule has 0 atom stereocenters. The highest BCUT2D eigenvalue weighted by atomic mass is 35.5. The molecular weight excluding hydrogens is 306 g/mol. The number of benzene rings is 2. The summed E-state index contributed by atoms with van der Waals surface area (Å²) in [6, 6.07) is 6.47. The van der Waals surface area contributed by atoms with Gasteiger partial charge in [0.1, 0.15) is 22.2 Å².